The minimum atomic E-state index is -0.411. The molecular formula is C10H15N3O2. The average Bonchev–Trinajstić information content (AvgIpc) is 2.74. The molecule has 2 unspecified atom stereocenters. The van der Waals surface area contributed by atoms with Crippen LogP contribution in [0.25, 0.3) is 0 Å². The molecule has 1 amide bonds. The Balaban J connectivity index is 1.93. The molecule has 1 saturated carbocycles. The fraction of sp³-hybridized carbons (Fsp3) is 0.600. The third-order valence-corrected chi connectivity index (χ3v) is 2.79. The van der Waals surface area contributed by atoms with Crippen LogP contribution in [0.3, 0.4) is 0 Å². The van der Waals surface area contributed by atoms with Gasteiger partial charge in [0, 0.05) is 6.20 Å². The lowest BCUT2D eigenvalue weighted by molar-refractivity contribution is 0.0714. The van der Waals surface area contributed by atoms with Gasteiger partial charge in [-0.2, -0.15) is 5.10 Å². The summed E-state index contributed by atoms with van der Waals surface area (Å²) in [6.07, 6.45) is 4.84. The molecule has 5 nitrogen and oxygen atoms in total. The predicted octanol–water partition coefficient (Wildman–Crippen LogP) is 0.443. The molecule has 1 fully saturated rings. The first kappa shape index (κ1) is 10.2. The molecule has 0 saturated heterocycles. The van der Waals surface area contributed by atoms with E-state index in [-0.39, 0.29) is 11.9 Å². The number of carbonyl (C=O) groups is 1. The van der Waals surface area contributed by atoms with Gasteiger partial charge < -0.3 is 10.4 Å². The van der Waals surface area contributed by atoms with E-state index in [4.69, 9.17) is 0 Å². The van der Waals surface area contributed by atoms with Crippen LogP contribution in [0.4, 0.5) is 0 Å². The van der Waals surface area contributed by atoms with E-state index in [1.807, 2.05) is 0 Å². The normalized spacial score (nSPS) is 26.2. The number of aromatic amines is 1. The zero-order chi connectivity index (χ0) is 10.7. The minimum absolute atomic E-state index is 0.116. The van der Waals surface area contributed by atoms with Gasteiger partial charge in [-0.15, -0.1) is 0 Å². The van der Waals surface area contributed by atoms with Crippen molar-refractivity contribution in [1.82, 2.24) is 15.5 Å². The summed E-state index contributed by atoms with van der Waals surface area (Å²) in [7, 11) is 0. The molecule has 5 heteroatoms. The van der Waals surface area contributed by atoms with Crippen LogP contribution in [0.2, 0.25) is 0 Å². The summed E-state index contributed by atoms with van der Waals surface area (Å²) in [5.41, 5.74) is 0.438. The van der Waals surface area contributed by atoms with Crippen molar-refractivity contribution in [2.24, 2.45) is 0 Å². The number of rotatable bonds is 2. The molecule has 0 aliphatic heterocycles. The molecular weight excluding hydrogens is 194 g/mol. The van der Waals surface area contributed by atoms with E-state index >= 15 is 0 Å². The van der Waals surface area contributed by atoms with Crippen molar-refractivity contribution in [3.05, 3.63) is 18.0 Å². The van der Waals surface area contributed by atoms with Gasteiger partial charge in [-0.1, -0.05) is 12.8 Å². The highest BCUT2D eigenvalue weighted by Crippen LogP contribution is 2.18. The van der Waals surface area contributed by atoms with Crippen LogP contribution >= 0.6 is 0 Å². The van der Waals surface area contributed by atoms with Crippen LogP contribution in [0.15, 0.2) is 12.3 Å². The summed E-state index contributed by atoms with van der Waals surface area (Å²) >= 11 is 0. The Morgan fingerprint density at radius 2 is 2.33 bits per heavy atom. The average molecular weight is 209 g/mol. The van der Waals surface area contributed by atoms with Crippen molar-refractivity contribution >= 4 is 5.91 Å². The number of nitrogens with zero attached hydrogens (tertiary/aromatic N) is 1. The second kappa shape index (κ2) is 4.44. The highest BCUT2D eigenvalue weighted by atomic mass is 16.3. The lowest BCUT2D eigenvalue weighted by Gasteiger charge is -2.28. The number of aromatic nitrogens is 2. The second-order valence-electron chi connectivity index (χ2n) is 3.90. The largest absolute Gasteiger partial charge is 0.391 e. The molecule has 0 aromatic carbocycles. The SMILES string of the molecule is O=C(NC1CCCCC1O)c1ccn[nH]1. The zero-order valence-electron chi connectivity index (χ0n) is 8.44. The number of amides is 1. The highest BCUT2D eigenvalue weighted by Gasteiger charge is 2.24. The van der Waals surface area contributed by atoms with Crippen LogP contribution < -0.4 is 5.32 Å². The first-order chi connectivity index (χ1) is 7.27. The van der Waals surface area contributed by atoms with Gasteiger partial charge in [0.2, 0.25) is 0 Å². The van der Waals surface area contributed by atoms with E-state index in [0.717, 1.165) is 25.7 Å². The topological polar surface area (TPSA) is 78.0 Å². The molecule has 82 valence electrons. The number of aliphatic hydroxyl groups excluding tert-OH is 1. The number of aliphatic hydroxyl groups is 1. The molecule has 1 aromatic heterocycles. The maximum absolute atomic E-state index is 11.6. The van der Waals surface area contributed by atoms with Crippen LogP contribution in [0.1, 0.15) is 36.2 Å². The summed E-state index contributed by atoms with van der Waals surface area (Å²) < 4.78 is 0. The molecule has 2 rings (SSSR count). The minimum Gasteiger partial charge on any atom is -0.391 e. The molecule has 1 aliphatic carbocycles. The van der Waals surface area contributed by atoms with E-state index < -0.39 is 6.10 Å². The zero-order valence-corrected chi connectivity index (χ0v) is 8.44. The molecule has 0 bridgehead atoms. The highest BCUT2D eigenvalue weighted by molar-refractivity contribution is 5.92. The quantitative estimate of drug-likeness (QED) is 0.661. The summed E-state index contributed by atoms with van der Waals surface area (Å²) in [5, 5.41) is 18.8. The van der Waals surface area contributed by atoms with Gasteiger partial charge in [0.25, 0.3) is 5.91 Å². The maximum atomic E-state index is 11.6. The first-order valence-electron chi connectivity index (χ1n) is 5.25. The standard InChI is InChI=1S/C10H15N3O2/c14-9-4-2-1-3-7(9)12-10(15)8-5-6-11-13-8/h5-7,9,14H,1-4H2,(H,11,13)(H,12,15). The third-order valence-electron chi connectivity index (χ3n) is 2.79. The number of hydrogen-bond donors (Lipinski definition) is 3. The van der Waals surface area contributed by atoms with Crippen molar-refractivity contribution in [3.8, 4) is 0 Å². The first-order valence-corrected chi connectivity index (χ1v) is 5.25. The van der Waals surface area contributed by atoms with E-state index in [2.05, 4.69) is 15.5 Å². The lowest BCUT2D eigenvalue weighted by atomic mass is 9.92. The monoisotopic (exact) mass is 209 g/mol. The molecule has 1 heterocycles. The lowest BCUT2D eigenvalue weighted by Crippen LogP contribution is -2.45. The second-order valence-corrected chi connectivity index (χ2v) is 3.90. The van der Waals surface area contributed by atoms with Gasteiger partial charge in [0.1, 0.15) is 5.69 Å². The summed E-state index contributed by atoms with van der Waals surface area (Å²) in [6.45, 7) is 0. The number of hydrogen-bond acceptors (Lipinski definition) is 3. The van der Waals surface area contributed by atoms with Crippen molar-refractivity contribution in [2.75, 3.05) is 0 Å². The van der Waals surface area contributed by atoms with Gasteiger partial charge in [-0.05, 0) is 18.9 Å². The Morgan fingerprint density at radius 3 is 3.00 bits per heavy atom. The third kappa shape index (κ3) is 2.36. The van der Waals surface area contributed by atoms with Crippen LogP contribution in [-0.2, 0) is 0 Å². The summed E-state index contributed by atoms with van der Waals surface area (Å²) in [5.74, 6) is -0.196. The summed E-state index contributed by atoms with van der Waals surface area (Å²) in [4.78, 5) is 11.6. The molecule has 15 heavy (non-hydrogen) atoms. The molecule has 2 atom stereocenters. The predicted molar refractivity (Wildman–Crippen MR) is 54.3 cm³/mol. The van der Waals surface area contributed by atoms with Gasteiger partial charge in [-0.25, -0.2) is 0 Å². The molecule has 1 aliphatic rings. The van der Waals surface area contributed by atoms with Crippen molar-refractivity contribution in [2.45, 2.75) is 37.8 Å². The van der Waals surface area contributed by atoms with Crippen molar-refractivity contribution in [1.29, 1.82) is 0 Å². The maximum Gasteiger partial charge on any atom is 0.269 e. The van der Waals surface area contributed by atoms with Gasteiger partial charge in [0.05, 0.1) is 12.1 Å². The Bertz CT molecular complexity index is 323. The fourth-order valence-electron chi connectivity index (χ4n) is 1.91. The van der Waals surface area contributed by atoms with Gasteiger partial charge in [-0.3, -0.25) is 9.89 Å². The molecule has 0 spiro atoms. The van der Waals surface area contributed by atoms with Crippen molar-refractivity contribution in [3.63, 3.8) is 0 Å². The van der Waals surface area contributed by atoms with E-state index in [0.29, 0.717) is 5.69 Å². The Hall–Kier alpha value is -1.36. The Kier molecular flexibility index (Phi) is 3.01. The van der Waals surface area contributed by atoms with E-state index in [1.54, 1.807) is 6.07 Å². The fourth-order valence-corrected chi connectivity index (χ4v) is 1.91. The van der Waals surface area contributed by atoms with Crippen molar-refractivity contribution < 1.29 is 9.90 Å². The smallest absolute Gasteiger partial charge is 0.269 e. The molecule has 0 radical (unpaired) electrons. The number of nitrogens with one attached hydrogen (secondary N) is 2. The van der Waals surface area contributed by atoms with Gasteiger partial charge >= 0.3 is 0 Å². The molecule has 3 N–H and O–H groups in total. The summed E-state index contributed by atoms with van der Waals surface area (Å²) in [6, 6.07) is 1.50. The number of carbonyl (C=O) groups excluding carboxylic acids is 1. The van der Waals surface area contributed by atoms with E-state index in [9.17, 15) is 9.90 Å². The van der Waals surface area contributed by atoms with Crippen LogP contribution in [0.5, 0.6) is 0 Å². The Labute approximate surface area is 87.9 Å². The van der Waals surface area contributed by atoms with E-state index in [1.165, 1.54) is 6.20 Å². The van der Waals surface area contributed by atoms with Crippen LogP contribution in [-0.4, -0.2) is 33.4 Å². The Morgan fingerprint density at radius 1 is 1.53 bits per heavy atom. The number of H-pyrrole nitrogens is 1. The van der Waals surface area contributed by atoms with Crippen LogP contribution in [0, 0.1) is 0 Å². The van der Waals surface area contributed by atoms with Gasteiger partial charge in [0.15, 0.2) is 0 Å². The molecule has 1 aromatic rings.